The van der Waals surface area contributed by atoms with E-state index in [1.807, 2.05) is 0 Å². The van der Waals surface area contributed by atoms with Gasteiger partial charge < -0.3 is 15.4 Å². The summed E-state index contributed by atoms with van der Waals surface area (Å²) in [5.74, 6) is 1.67. The van der Waals surface area contributed by atoms with E-state index in [4.69, 9.17) is 9.73 Å². The standard InChI is InChI=1S/C20H29N3O.HI/c1-2-21-19(22-13-9-15-7-4-3-5-8-15)23-17-16-10-14-24-18(16)20(17)11-6-12-20;/h3-5,7-8,16-18H,2,6,9-14H2,1H3,(H2,21,22,23);1H. The SMILES string of the molecule is CCNC(=NCCc1ccccc1)NC1C2CCOC2C12CCC2.I. The lowest BCUT2D eigenvalue weighted by Crippen LogP contribution is -2.72. The zero-order valence-corrected chi connectivity index (χ0v) is 17.4. The van der Waals surface area contributed by atoms with Crippen LogP contribution in [0, 0.1) is 11.3 Å². The molecule has 1 aromatic rings. The number of benzene rings is 1. The molecule has 138 valence electrons. The van der Waals surface area contributed by atoms with E-state index in [-0.39, 0.29) is 24.0 Å². The van der Waals surface area contributed by atoms with E-state index in [0.717, 1.165) is 32.1 Å². The van der Waals surface area contributed by atoms with E-state index < -0.39 is 0 Å². The number of aliphatic imine (C=N–C) groups is 1. The normalized spacial score (nSPS) is 29.2. The molecule has 0 amide bonds. The van der Waals surface area contributed by atoms with Gasteiger partial charge in [-0.2, -0.15) is 0 Å². The molecule has 2 aliphatic carbocycles. The van der Waals surface area contributed by atoms with Crippen LogP contribution in [0.4, 0.5) is 0 Å². The maximum absolute atomic E-state index is 6.02. The predicted octanol–water partition coefficient (Wildman–Crippen LogP) is 3.36. The number of nitrogens with zero attached hydrogens (tertiary/aromatic N) is 1. The Morgan fingerprint density at radius 1 is 1.28 bits per heavy atom. The van der Waals surface area contributed by atoms with Crippen LogP contribution < -0.4 is 10.6 Å². The summed E-state index contributed by atoms with van der Waals surface area (Å²) >= 11 is 0. The van der Waals surface area contributed by atoms with Gasteiger partial charge in [0.2, 0.25) is 0 Å². The number of fused-ring (bicyclic) bond motifs is 2. The highest BCUT2D eigenvalue weighted by Gasteiger charge is 2.66. The largest absolute Gasteiger partial charge is 0.377 e. The number of halogens is 1. The van der Waals surface area contributed by atoms with Crippen LogP contribution in [0.25, 0.3) is 0 Å². The molecular formula is C20H30IN3O. The zero-order valence-electron chi connectivity index (χ0n) is 15.0. The van der Waals surface area contributed by atoms with Crippen LogP contribution in [0.3, 0.4) is 0 Å². The molecule has 1 aliphatic heterocycles. The van der Waals surface area contributed by atoms with E-state index in [0.29, 0.717) is 23.5 Å². The molecule has 3 unspecified atom stereocenters. The van der Waals surface area contributed by atoms with Gasteiger partial charge in [0.25, 0.3) is 0 Å². The van der Waals surface area contributed by atoms with Crippen LogP contribution in [0.5, 0.6) is 0 Å². The van der Waals surface area contributed by atoms with Crippen molar-refractivity contribution >= 4 is 29.9 Å². The fourth-order valence-electron chi connectivity index (χ4n) is 4.86. The van der Waals surface area contributed by atoms with Crippen molar-refractivity contribution in [2.45, 2.75) is 51.2 Å². The van der Waals surface area contributed by atoms with Gasteiger partial charge in [-0.15, -0.1) is 24.0 Å². The maximum atomic E-state index is 6.02. The van der Waals surface area contributed by atoms with Gasteiger partial charge in [0.05, 0.1) is 6.10 Å². The second-order valence-electron chi connectivity index (χ2n) is 7.45. The van der Waals surface area contributed by atoms with Gasteiger partial charge >= 0.3 is 0 Å². The van der Waals surface area contributed by atoms with Gasteiger partial charge in [0, 0.05) is 37.1 Å². The fourth-order valence-corrected chi connectivity index (χ4v) is 4.86. The van der Waals surface area contributed by atoms with Gasteiger partial charge in [0.1, 0.15) is 0 Å². The van der Waals surface area contributed by atoms with E-state index in [9.17, 15) is 0 Å². The lowest BCUT2D eigenvalue weighted by atomic mass is 9.46. The first-order valence-electron chi connectivity index (χ1n) is 9.54. The van der Waals surface area contributed by atoms with Crippen LogP contribution in [-0.4, -0.2) is 37.8 Å². The minimum atomic E-state index is 0. The van der Waals surface area contributed by atoms with Crippen LogP contribution in [-0.2, 0) is 11.2 Å². The zero-order chi connectivity index (χ0) is 16.4. The molecule has 3 fully saturated rings. The molecule has 1 heterocycles. The average molecular weight is 455 g/mol. The fraction of sp³-hybridized carbons (Fsp3) is 0.650. The Morgan fingerprint density at radius 2 is 2.08 bits per heavy atom. The number of ether oxygens (including phenoxy) is 1. The number of guanidine groups is 1. The van der Waals surface area contributed by atoms with E-state index in [1.165, 1.54) is 31.2 Å². The van der Waals surface area contributed by atoms with Crippen LogP contribution in [0.15, 0.2) is 35.3 Å². The van der Waals surface area contributed by atoms with Crippen molar-refractivity contribution in [1.82, 2.24) is 10.6 Å². The highest BCUT2D eigenvalue weighted by atomic mass is 127. The van der Waals surface area contributed by atoms with Crippen molar-refractivity contribution in [1.29, 1.82) is 0 Å². The highest BCUT2D eigenvalue weighted by Crippen LogP contribution is 2.62. The smallest absolute Gasteiger partial charge is 0.191 e. The van der Waals surface area contributed by atoms with Gasteiger partial charge in [-0.3, -0.25) is 4.99 Å². The molecule has 1 spiro atoms. The Kier molecular flexibility index (Phi) is 6.25. The molecule has 0 bridgehead atoms. The molecule has 1 saturated heterocycles. The molecule has 2 N–H and O–H groups in total. The lowest BCUT2D eigenvalue weighted by Gasteiger charge is -2.63. The molecule has 4 rings (SSSR count). The number of hydrogen-bond donors (Lipinski definition) is 2. The van der Waals surface area contributed by atoms with Gasteiger partial charge in [-0.25, -0.2) is 0 Å². The summed E-state index contributed by atoms with van der Waals surface area (Å²) in [4.78, 5) is 4.82. The summed E-state index contributed by atoms with van der Waals surface area (Å²) in [6.07, 6.45) is 6.68. The molecule has 25 heavy (non-hydrogen) atoms. The summed E-state index contributed by atoms with van der Waals surface area (Å²) in [6.45, 7) is 4.80. The van der Waals surface area contributed by atoms with Crippen LogP contribution >= 0.6 is 24.0 Å². The van der Waals surface area contributed by atoms with Crippen molar-refractivity contribution < 1.29 is 4.74 Å². The Bertz CT molecular complexity index is 588. The molecule has 3 atom stereocenters. The van der Waals surface area contributed by atoms with Crippen LogP contribution in [0.2, 0.25) is 0 Å². The van der Waals surface area contributed by atoms with Crippen molar-refractivity contribution in [3.63, 3.8) is 0 Å². The summed E-state index contributed by atoms with van der Waals surface area (Å²) in [5, 5.41) is 7.20. The Morgan fingerprint density at radius 3 is 2.76 bits per heavy atom. The van der Waals surface area contributed by atoms with Crippen molar-refractivity contribution in [2.24, 2.45) is 16.3 Å². The number of nitrogens with one attached hydrogen (secondary N) is 2. The van der Waals surface area contributed by atoms with Gasteiger partial charge in [-0.1, -0.05) is 36.8 Å². The molecule has 4 nitrogen and oxygen atoms in total. The minimum absolute atomic E-state index is 0. The van der Waals surface area contributed by atoms with Crippen molar-refractivity contribution in [3.8, 4) is 0 Å². The second kappa shape index (κ2) is 8.25. The third-order valence-electron chi connectivity index (χ3n) is 6.19. The average Bonchev–Trinajstić information content (AvgIpc) is 2.97. The first-order chi connectivity index (χ1) is 11.8. The molecular weight excluding hydrogens is 425 g/mol. The van der Waals surface area contributed by atoms with E-state index in [2.05, 4.69) is 47.9 Å². The van der Waals surface area contributed by atoms with E-state index in [1.54, 1.807) is 0 Å². The topological polar surface area (TPSA) is 45.7 Å². The first kappa shape index (κ1) is 19.0. The summed E-state index contributed by atoms with van der Waals surface area (Å²) in [5.41, 5.74) is 1.75. The van der Waals surface area contributed by atoms with Crippen molar-refractivity contribution in [3.05, 3.63) is 35.9 Å². The maximum Gasteiger partial charge on any atom is 0.191 e. The third-order valence-corrected chi connectivity index (χ3v) is 6.19. The van der Waals surface area contributed by atoms with Gasteiger partial charge in [0.15, 0.2) is 5.96 Å². The van der Waals surface area contributed by atoms with E-state index >= 15 is 0 Å². The summed E-state index contributed by atoms with van der Waals surface area (Å²) < 4.78 is 6.02. The second-order valence-corrected chi connectivity index (χ2v) is 7.45. The predicted molar refractivity (Wildman–Crippen MR) is 113 cm³/mol. The Balaban J connectivity index is 0.00000182. The summed E-state index contributed by atoms with van der Waals surface area (Å²) in [7, 11) is 0. The minimum Gasteiger partial charge on any atom is -0.377 e. The molecule has 0 radical (unpaired) electrons. The van der Waals surface area contributed by atoms with Crippen LogP contribution in [0.1, 0.15) is 38.2 Å². The quantitative estimate of drug-likeness (QED) is 0.407. The molecule has 5 heteroatoms. The van der Waals surface area contributed by atoms with Gasteiger partial charge in [-0.05, 0) is 38.2 Å². The Labute approximate surface area is 168 Å². The number of hydrogen-bond acceptors (Lipinski definition) is 2. The monoisotopic (exact) mass is 455 g/mol. The highest BCUT2D eigenvalue weighted by molar-refractivity contribution is 14.0. The molecule has 2 saturated carbocycles. The Hall–Kier alpha value is -0.820. The summed E-state index contributed by atoms with van der Waals surface area (Å²) in [6, 6.07) is 11.1. The number of rotatable bonds is 5. The molecule has 0 aromatic heterocycles. The lowest BCUT2D eigenvalue weighted by molar-refractivity contribution is -0.171. The molecule has 1 aromatic carbocycles. The molecule has 3 aliphatic rings. The van der Waals surface area contributed by atoms with Crippen molar-refractivity contribution in [2.75, 3.05) is 19.7 Å². The third kappa shape index (κ3) is 3.54. The first-order valence-corrected chi connectivity index (χ1v) is 9.54.